The zero-order valence-electron chi connectivity index (χ0n) is 13.1. The van der Waals surface area contributed by atoms with Crippen LogP contribution in [-0.2, 0) is 4.79 Å². The number of allylic oxidation sites excluding steroid dienone is 1. The number of fused-ring (bicyclic) bond motifs is 5. The van der Waals surface area contributed by atoms with Crippen LogP contribution in [0.25, 0.3) is 16.2 Å². The Morgan fingerprint density at radius 1 is 1.10 bits per heavy atom. The fraction of sp³-hybridized carbons (Fsp3) is 0.421. The second-order valence-electron chi connectivity index (χ2n) is 5.84. The Bertz CT molecular complexity index is 709. The summed E-state index contributed by atoms with van der Waals surface area (Å²) in [6.45, 7) is 8.33. The average Bonchev–Trinajstić information content (AvgIpc) is 3.01. The van der Waals surface area contributed by atoms with Gasteiger partial charge in [0.05, 0.1) is 0 Å². The summed E-state index contributed by atoms with van der Waals surface area (Å²) in [5, 5.41) is 1.36. The van der Waals surface area contributed by atoms with Crippen molar-refractivity contribution in [2.75, 3.05) is 0 Å². The highest BCUT2D eigenvalue weighted by atomic mass is 32.1. The smallest absolute Gasteiger partial charge is 0.143 e. The van der Waals surface area contributed by atoms with E-state index in [0.717, 1.165) is 0 Å². The highest BCUT2D eigenvalue weighted by Gasteiger charge is 2.47. The monoisotopic (exact) mass is 298 g/mol. The Hall–Kier alpha value is -1.41. The molecule has 1 saturated carbocycles. The van der Waals surface area contributed by atoms with Crippen molar-refractivity contribution in [3.8, 4) is 0 Å². The van der Waals surface area contributed by atoms with Crippen LogP contribution >= 0.6 is 11.3 Å². The van der Waals surface area contributed by atoms with E-state index >= 15 is 0 Å². The minimum Gasteiger partial charge on any atom is -0.299 e. The molecular formula is C19H22OS. The fourth-order valence-electron chi connectivity index (χ4n) is 3.78. The Morgan fingerprint density at radius 2 is 1.81 bits per heavy atom. The Morgan fingerprint density at radius 3 is 2.57 bits per heavy atom. The second-order valence-corrected chi connectivity index (χ2v) is 6.92. The van der Waals surface area contributed by atoms with Crippen LogP contribution in [0.3, 0.4) is 0 Å². The summed E-state index contributed by atoms with van der Waals surface area (Å²) in [5.41, 5.74) is 1.43. The maximum atomic E-state index is 12.4. The lowest BCUT2D eigenvalue weighted by atomic mass is 9.79. The van der Waals surface area contributed by atoms with Gasteiger partial charge < -0.3 is 0 Å². The van der Waals surface area contributed by atoms with Crippen LogP contribution in [0.5, 0.6) is 0 Å². The summed E-state index contributed by atoms with van der Waals surface area (Å²) in [6, 6.07) is 8.60. The van der Waals surface area contributed by atoms with Gasteiger partial charge in [-0.25, -0.2) is 0 Å². The lowest BCUT2D eigenvalue weighted by molar-refractivity contribution is -0.122. The third kappa shape index (κ3) is 2.00. The topological polar surface area (TPSA) is 17.1 Å². The van der Waals surface area contributed by atoms with Gasteiger partial charge in [-0.15, -0.1) is 11.3 Å². The molecule has 1 fully saturated rings. The molecule has 4 rings (SSSR count). The van der Waals surface area contributed by atoms with Crippen LogP contribution in [0.4, 0.5) is 0 Å². The summed E-state index contributed by atoms with van der Waals surface area (Å²) < 4.78 is 1.34. The van der Waals surface area contributed by atoms with Crippen molar-refractivity contribution in [1.82, 2.24) is 0 Å². The van der Waals surface area contributed by atoms with E-state index in [2.05, 4.69) is 50.3 Å². The molecule has 2 aliphatic rings. The number of carbonyl (C=O) groups is 1. The minimum atomic E-state index is 0.107. The molecule has 2 heteroatoms. The number of thiophene rings is 1. The minimum absolute atomic E-state index is 0.107. The van der Waals surface area contributed by atoms with E-state index in [4.69, 9.17) is 0 Å². The van der Waals surface area contributed by atoms with Crippen LogP contribution in [0.2, 0.25) is 0 Å². The van der Waals surface area contributed by atoms with Crippen molar-refractivity contribution < 1.29 is 4.79 Å². The van der Waals surface area contributed by atoms with Gasteiger partial charge >= 0.3 is 0 Å². The van der Waals surface area contributed by atoms with Crippen molar-refractivity contribution in [2.24, 2.45) is 17.8 Å². The first-order valence-electron chi connectivity index (χ1n) is 7.92. The lowest BCUT2D eigenvalue weighted by Gasteiger charge is -2.24. The van der Waals surface area contributed by atoms with Gasteiger partial charge in [0, 0.05) is 27.3 Å². The highest BCUT2D eigenvalue weighted by molar-refractivity contribution is 7.20. The SMILES string of the molecule is CC.CC1C(=O)C2C=Cc3sc4ccccc4c3C2C1C. The van der Waals surface area contributed by atoms with Crippen LogP contribution in [-0.4, -0.2) is 5.78 Å². The first-order valence-corrected chi connectivity index (χ1v) is 8.73. The first kappa shape index (κ1) is 14.5. The van der Waals surface area contributed by atoms with Crippen molar-refractivity contribution in [1.29, 1.82) is 0 Å². The number of rotatable bonds is 0. The van der Waals surface area contributed by atoms with E-state index < -0.39 is 0 Å². The molecule has 4 atom stereocenters. The van der Waals surface area contributed by atoms with Gasteiger partial charge in [-0.3, -0.25) is 4.79 Å². The summed E-state index contributed by atoms with van der Waals surface area (Å²) in [7, 11) is 0. The van der Waals surface area contributed by atoms with E-state index in [9.17, 15) is 4.79 Å². The number of carbonyl (C=O) groups excluding carboxylic acids is 1. The van der Waals surface area contributed by atoms with Gasteiger partial charge in [0.15, 0.2) is 0 Å². The molecule has 21 heavy (non-hydrogen) atoms. The van der Waals surface area contributed by atoms with Crippen molar-refractivity contribution in [3.05, 3.63) is 40.8 Å². The number of benzene rings is 1. The molecule has 2 aromatic rings. The average molecular weight is 298 g/mol. The number of ketones is 1. The molecule has 0 bridgehead atoms. The lowest BCUT2D eigenvalue weighted by Crippen LogP contribution is -2.15. The summed E-state index contributed by atoms with van der Waals surface area (Å²) >= 11 is 1.86. The number of hydrogen-bond acceptors (Lipinski definition) is 2. The van der Waals surface area contributed by atoms with Gasteiger partial charge in [0.25, 0.3) is 0 Å². The van der Waals surface area contributed by atoms with Crippen LogP contribution in [0.1, 0.15) is 44.1 Å². The highest BCUT2D eigenvalue weighted by Crippen LogP contribution is 2.53. The molecule has 0 N–H and O–H groups in total. The normalized spacial score (nSPS) is 29.8. The molecule has 1 aromatic heterocycles. The van der Waals surface area contributed by atoms with Gasteiger partial charge in [0.1, 0.15) is 5.78 Å². The fourth-order valence-corrected chi connectivity index (χ4v) is 4.95. The summed E-state index contributed by atoms with van der Waals surface area (Å²) in [5.74, 6) is 1.55. The van der Waals surface area contributed by atoms with E-state index in [-0.39, 0.29) is 11.8 Å². The van der Waals surface area contributed by atoms with Gasteiger partial charge in [-0.05, 0) is 29.0 Å². The number of Topliss-reactive ketones (excluding diaryl/α,β-unsaturated/α-hetero) is 1. The zero-order chi connectivity index (χ0) is 15.1. The van der Waals surface area contributed by atoms with Gasteiger partial charge in [-0.1, -0.05) is 52.0 Å². The molecule has 1 nitrogen and oxygen atoms in total. The summed E-state index contributed by atoms with van der Waals surface area (Å²) in [6.07, 6.45) is 4.31. The van der Waals surface area contributed by atoms with Crippen LogP contribution in [0, 0.1) is 17.8 Å². The third-order valence-corrected chi connectivity index (χ3v) is 6.12. The molecule has 4 unspecified atom stereocenters. The standard InChI is InChI=1S/C17H16OS.C2H6/c1-9-10(2)17(18)12-7-8-14-16(15(9)12)11-5-3-4-6-13(11)19-14;1-2/h3-10,12,15H,1-2H3;1-2H3. The predicted molar refractivity (Wildman–Crippen MR) is 91.8 cm³/mol. The van der Waals surface area contributed by atoms with E-state index in [1.807, 2.05) is 25.2 Å². The molecule has 0 spiro atoms. The zero-order valence-corrected chi connectivity index (χ0v) is 13.9. The molecule has 2 aliphatic carbocycles. The van der Waals surface area contributed by atoms with Crippen molar-refractivity contribution in [2.45, 2.75) is 33.6 Å². The quantitative estimate of drug-likeness (QED) is 0.627. The largest absolute Gasteiger partial charge is 0.299 e. The van der Waals surface area contributed by atoms with E-state index in [1.165, 1.54) is 20.5 Å². The van der Waals surface area contributed by atoms with Crippen LogP contribution < -0.4 is 0 Å². The molecular weight excluding hydrogens is 276 g/mol. The number of hydrogen-bond donors (Lipinski definition) is 0. The Labute approximate surface area is 130 Å². The van der Waals surface area contributed by atoms with E-state index in [0.29, 0.717) is 17.6 Å². The van der Waals surface area contributed by atoms with Crippen molar-refractivity contribution in [3.63, 3.8) is 0 Å². The maximum Gasteiger partial charge on any atom is 0.143 e. The van der Waals surface area contributed by atoms with E-state index in [1.54, 1.807) is 0 Å². The molecule has 0 aliphatic heterocycles. The summed E-state index contributed by atoms with van der Waals surface area (Å²) in [4.78, 5) is 13.7. The van der Waals surface area contributed by atoms with Crippen LogP contribution in [0.15, 0.2) is 30.3 Å². The van der Waals surface area contributed by atoms with Crippen molar-refractivity contribution >= 4 is 33.3 Å². The first-order chi connectivity index (χ1) is 10.2. The third-order valence-electron chi connectivity index (χ3n) is 4.97. The second kappa shape index (κ2) is 5.42. The van der Waals surface area contributed by atoms with Gasteiger partial charge in [0.2, 0.25) is 0 Å². The van der Waals surface area contributed by atoms with Gasteiger partial charge in [-0.2, -0.15) is 0 Å². The Kier molecular flexibility index (Phi) is 3.75. The maximum absolute atomic E-state index is 12.4. The molecule has 0 radical (unpaired) electrons. The predicted octanol–water partition coefficient (Wildman–Crippen LogP) is 5.51. The molecule has 0 saturated heterocycles. The molecule has 0 amide bonds. The molecule has 110 valence electrons. The Balaban J connectivity index is 0.000000636. The molecule has 1 aromatic carbocycles. The molecule has 1 heterocycles.